The van der Waals surface area contributed by atoms with Gasteiger partial charge >= 0.3 is 0 Å². The highest BCUT2D eigenvalue weighted by molar-refractivity contribution is 9.11. The van der Waals surface area contributed by atoms with Crippen LogP contribution in [0.1, 0.15) is 22.8 Å². The Morgan fingerprint density at radius 3 is 2.41 bits per heavy atom. The van der Waals surface area contributed by atoms with Crippen molar-refractivity contribution in [3.8, 4) is 28.2 Å². The van der Waals surface area contributed by atoms with Crippen molar-refractivity contribution in [2.45, 2.75) is 13.8 Å². The van der Waals surface area contributed by atoms with Gasteiger partial charge in [0.25, 0.3) is 0 Å². The normalized spacial score (nSPS) is 11.3. The lowest BCUT2D eigenvalue weighted by Crippen LogP contribution is -2.09. The lowest BCUT2D eigenvalue weighted by atomic mass is 9.89. The molecule has 29 heavy (non-hydrogen) atoms. The van der Waals surface area contributed by atoms with E-state index in [9.17, 15) is 14.7 Å². The lowest BCUT2D eigenvalue weighted by Gasteiger charge is -2.19. The molecule has 4 rings (SSSR count). The summed E-state index contributed by atoms with van der Waals surface area (Å²) in [6, 6.07) is 10.8. The minimum atomic E-state index is -0.177. The largest absolute Gasteiger partial charge is 0.505 e. The number of carbonyl (C=O) groups is 1. The Bertz CT molecular complexity index is 1350. The van der Waals surface area contributed by atoms with Gasteiger partial charge < -0.3 is 9.52 Å². The van der Waals surface area contributed by atoms with E-state index in [1.54, 1.807) is 25.1 Å². The molecule has 2 aromatic carbocycles. The van der Waals surface area contributed by atoms with Gasteiger partial charge in [0.15, 0.2) is 22.6 Å². The van der Waals surface area contributed by atoms with E-state index in [-0.39, 0.29) is 17.0 Å². The molecule has 0 radical (unpaired) electrons. The Morgan fingerprint density at radius 2 is 1.72 bits per heavy atom. The van der Waals surface area contributed by atoms with Crippen LogP contribution in [-0.4, -0.2) is 10.9 Å². The smallest absolute Gasteiger partial charge is 0.199 e. The molecule has 146 valence electrons. The van der Waals surface area contributed by atoms with Crippen LogP contribution in [0.15, 0.2) is 59.0 Å². The van der Waals surface area contributed by atoms with Crippen molar-refractivity contribution in [3.63, 3.8) is 0 Å². The molecule has 0 bridgehead atoms. The molecule has 0 aromatic heterocycles. The Labute approximate surface area is 191 Å². The molecular weight excluding hydrogens is 568 g/mol. The number of Topliss-reactive ketones (excluding diaryl/α,β-unsaturated/α-hetero) is 1. The number of carbonyl (C=O) groups excluding carboxylic acids is 1. The number of fused-ring (bicyclic) bond motifs is 2. The van der Waals surface area contributed by atoms with E-state index in [4.69, 9.17) is 4.42 Å². The second-order valence-corrected chi connectivity index (χ2v) is 9.13. The molecule has 1 N–H and O–H groups in total. The van der Waals surface area contributed by atoms with Crippen molar-refractivity contribution >= 4 is 64.5 Å². The highest BCUT2D eigenvalue weighted by Gasteiger charge is 2.26. The number of benzene rings is 3. The minimum absolute atomic E-state index is 0.0167. The lowest BCUT2D eigenvalue weighted by molar-refractivity contribution is 0.101. The zero-order chi connectivity index (χ0) is 21.0. The third kappa shape index (κ3) is 3.16. The van der Waals surface area contributed by atoms with Crippen LogP contribution >= 0.6 is 47.8 Å². The summed E-state index contributed by atoms with van der Waals surface area (Å²) < 4.78 is 7.21. The standard InChI is InChI=1S/C22H13Br3O4/c1-9-7-13-16(12-6-4-3-5-11(12)10(2)26)14-8-15(23)20(28)18(25)22(14)29-21(13)17(24)19(9)27/h3-8,28H,1-2H3. The predicted octanol–water partition coefficient (Wildman–Crippen LogP) is 7.07. The molecule has 0 saturated carbocycles. The number of phenolic OH excluding ortho intramolecular Hbond substituents is 1. The molecule has 0 saturated heterocycles. The van der Waals surface area contributed by atoms with Crippen LogP contribution in [0.4, 0.5) is 0 Å². The van der Waals surface area contributed by atoms with Gasteiger partial charge in [-0.05, 0) is 84.9 Å². The Morgan fingerprint density at radius 1 is 1.03 bits per heavy atom. The highest BCUT2D eigenvalue weighted by atomic mass is 79.9. The Balaban J connectivity index is 2.34. The summed E-state index contributed by atoms with van der Waals surface area (Å²) in [5.41, 5.74) is 3.47. The van der Waals surface area contributed by atoms with Crippen LogP contribution in [0.25, 0.3) is 33.4 Å². The molecule has 1 aliphatic heterocycles. The molecule has 0 amide bonds. The molecular formula is C22H13Br3O4. The van der Waals surface area contributed by atoms with Crippen LogP contribution in [0.3, 0.4) is 0 Å². The van der Waals surface area contributed by atoms with Crippen molar-refractivity contribution < 1.29 is 14.3 Å². The van der Waals surface area contributed by atoms with Gasteiger partial charge in [0, 0.05) is 22.1 Å². The number of ketones is 1. The highest BCUT2D eigenvalue weighted by Crippen LogP contribution is 2.48. The SMILES string of the molecule is CC(=O)c1ccccc1-c1c2cc(C)c(=O)c(Br)c-2oc2c(Br)c(O)c(Br)cc12. The van der Waals surface area contributed by atoms with Crippen molar-refractivity contribution in [2.24, 2.45) is 0 Å². The van der Waals surface area contributed by atoms with Gasteiger partial charge in [-0.2, -0.15) is 0 Å². The number of aromatic hydroxyl groups is 1. The molecule has 7 heteroatoms. The van der Waals surface area contributed by atoms with Gasteiger partial charge in [-0.1, -0.05) is 24.3 Å². The molecule has 4 nitrogen and oxygen atoms in total. The quantitative estimate of drug-likeness (QED) is 0.203. The van der Waals surface area contributed by atoms with Gasteiger partial charge in [0.05, 0.1) is 4.47 Å². The summed E-state index contributed by atoms with van der Waals surface area (Å²) in [5, 5.41) is 11.1. The number of rotatable bonds is 2. The first-order valence-electron chi connectivity index (χ1n) is 8.59. The van der Waals surface area contributed by atoms with E-state index >= 15 is 0 Å². The average Bonchev–Trinajstić information content (AvgIpc) is 2.69. The van der Waals surface area contributed by atoms with Gasteiger partial charge in [0.2, 0.25) is 0 Å². The zero-order valence-corrected chi connectivity index (χ0v) is 20.0. The van der Waals surface area contributed by atoms with E-state index < -0.39 is 0 Å². The molecule has 0 unspecified atom stereocenters. The molecule has 2 aliphatic rings. The Hall–Kier alpha value is -1.96. The maximum atomic E-state index is 12.5. The maximum Gasteiger partial charge on any atom is 0.199 e. The van der Waals surface area contributed by atoms with Gasteiger partial charge in [-0.3, -0.25) is 9.59 Å². The van der Waals surface area contributed by atoms with E-state index in [0.717, 1.165) is 11.1 Å². The maximum absolute atomic E-state index is 12.5. The summed E-state index contributed by atoms with van der Waals surface area (Å²) in [7, 11) is 0. The molecule has 0 spiro atoms. The first kappa shape index (κ1) is 20.3. The molecule has 1 aliphatic carbocycles. The predicted molar refractivity (Wildman–Crippen MR) is 124 cm³/mol. The average molecular weight is 581 g/mol. The van der Waals surface area contributed by atoms with Crippen molar-refractivity contribution in [2.75, 3.05) is 0 Å². The fraction of sp³-hybridized carbons (Fsp3) is 0.0909. The number of hydrogen-bond acceptors (Lipinski definition) is 4. The topological polar surface area (TPSA) is 67.5 Å². The Kier molecular flexibility index (Phi) is 5.17. The monoisotopic (exact) mass is 578 g/mol. The van der Waals surface area contributed by atoms with Gasteiger partial charge in [-0.25, -0.2) is 0 Å². The fourth-order valence-electron chi connectivity index (χ4n) is 3.45. The summed E-state index contributed by atoms with van der Waals surface area (Å²) in [6.07, 6.45) is 0. The molecule has 2 aromatic rings. The van der Waals surface area contributed by atoms with Crippen LogP contribution in [0.5, 0.6) is 5.75 Å². The van der Waals surface area contributed by atoms with Crippen molar-refractivity contribution in [1.29, 1.82) is 0 Å². The molecule has 0 fully saturated rings. The fourth-order valence-corrected chi connectivity index (χ4v) is 5.26. The summed E-state index contributed by atoms with van der Waals surface area (Å²) in [4.78, 5) is 24.9. The van der Waals surface area contributed by atoms with Gasteiger partial charge in [0.1, 0.15) is 14.7 Å². The van der Waals surface area contributed by atoms with E-state index in [0.29, 0.717) is 46.8 Å². The zero-order valence-electron chi connectivity index (χ0n) is 15.3. The second-order valence-electron chi connectivity index (χ2n) is 6.69. The summed E-state index contributed by atoms with van der Waals surface area (Å²) in [5.74, 6) is 0.261. The number of hydrogen-bond donors (Lipinski definition) is 1. The molecule has 1 heterocycles. The third-order valence-electron chi connectivity index (χ3n) is 4.83. The van der Waals surface area contributed by atoms with E-state index in [1.807, 2.05) is 18.2 Å². The van der Waals surface area contributed by atoms with E-state index in [2.05, 4.69) is 47.8 Å². The van der Waals surface area contributed by atoms with Crippen LogP contribution in [-0.2, 0) is 0 Å². The number of aryl methyl sites for hydroxylation is 1. The van der Waals surface area contributed by atoms with E-state index in [1.165, 1.54) is 6.92 Å². The molecule has 0 atom stereocenters. The third-order valence-corrected chi connectivity index (χ3v) is 6.89. The van der Waals surface area contributed by atoms with Crippen LogP contribution in [0, 0.1) is 6.92 Å². The number of halogens is 3. The number of phenols is 1. The minimum Gasteiger partial charge on any atom is -0.505 e. The van der Waals surface area contributed by atoms with Gasteiger partial charge in [-0.15, -0.1) is 0 Å². The summed E-state index contributed by atoms with van der Waals surface area (Å²) >= 11 is 10.1. The first-order valence-corrected chi connectivity index (χ1v) is 11.0. The van der Waals surface area contributed by atoms with Crippen molar-refractivity contribution in [1.82, 2.24) is 0 Å². The first-order chi connectivity index (χ1) is 13.7. The van der Waals surface area contributed by atoms with Crippen LogP contribution in [0.2, 0.25) is 0 Å². The summed E-state index contributed by atoms with van der Waals surface area (Å²) in [6.45, 7) is 3.26. The van der Waals surface area contributed by atoms with Crippen molar-refractivity contribution in [3.05, 3.63) is 71.2 Å². The van der Waals surface area contributed by atoms with Crippen LogP contribution < -0.4 is 5.43 Å². The second kappa shape index (κ2) is 7.38.